The first-order valence-electron chi connectivity index (χ1n) is 5.71. The lowest BCUT2D eigenvalue weighted by Gasteiger charge is -2.33. The molecule has 0 spiro atoms. The van der Waals surface area contributed by atoms with Crippen molar-refractivity contribution in [3.8, 4) is 11.5 Å². The van der Waals surface area contributed by atoms with Crippen molar-refractivity contribution in [2.24, 2.45) is 0 Å². The molecule has 1 atom stereocenters. The zero-order valence-electron chi connectivity index (χ0n) is 10.3. The summed E-state index contributed by atoms with van der Waals surface area (Å²) in [6.45, 7) is 3.35. The van der Waals surface area contributed by atoms with Crippen molar-refractivity contribution in [3.63, 3.8) is 0 Å². The highest BCUT2D eigenvalue weighted by Gasteiger charge is 2.40. The van der Waals surface area contributed by atoms with Crippen LogP contribution in [-0.4, -0.2) is 21.8 Å². The minimum absolute atomic E-state index is 0.258. The average Bonchev–Trinajstić information content (AvgIpc) is 2.31. The summed E-state index contributed by atoms with van der Waals surface area (Å²) in [4.78, 5) is 11.2. The highest BCUT2D eigenvalue weighted by Crippen LogP contribution is 2.41. The van der Waals surface area contributed by atoms with Gasteiger partial charge in [0.2, 0.25) is 5.60 Å². The topological polar surface area (TPSA) is 66.8 Å². The maximum atomic E-state index is 11.2. The fourth-order valence-corrected chi connectivity index (χ4v) is 2.80. The number of benzene rings is 1. The summed E-state index contributed by atoms with van der Waals surface area (Å²) in [6.07, 6.45) is 0.991. The molecule has 1 heterocycles. The molecule has 98 valence electrons. The van der Waals surface area contributed by atoms with Gasteiger partial charge in [0.1, 0.15) is 11.5 Å². The van der Waals surface area contributed by atoms with E-state index in [-0.39, 0.29) is 5.75 Å². The first kappa shape index (κ1) is 13.2. The number of phenolic OH excluding ortho intramolecular Hbond substituents is 1. The molecule has 0 aromatic heterocycles. The third kappa shape index (κ3) is 1.96. The van der Waals surface area contributed by atoms with Crippen LogP contribution in [0.5, 0.6) is 11.5 Å². The Kier molecular flexibility index (Phi) is 3.27. The zero-order chi connectivity index (χ0) is 13.5. The van der Waals surface area contributed by atoms with E-state index in [1.807, 2.05) is 0 Å². The molecule has 0 amide bonds. The van der Waals surface area contributed by atoms with Crippen LogP contribution in [0.4, 0.5) is 0 Å². The molecule has 1 aromatic rings. The molecule has 0 radical (unpaired) electrons. The lowest BCUT2D eigenvalue weighted by Crippen LogP contribution is -2.44. The van der Waals surface area contributed by atoms with Crippen LogP contribution in [0.25, 0.3) is 0 Å². The largest absolute Gasteiger partial charge is 0.507 e. The van der Waals surface area contributed by atoms with E-state index in [1.54, 1.807) is 19.9 Å². The number of halogens is 1. The van der Waals surface area contributed by atoms with Gasteiger partial charge in [-0.05, 0) is 31.9 Å². The fourth-order valence-electron chi connectivity index (χ4n) is 2.20. The standard InChI is InChI=1S/C13H15BrO4/c1-7-5-10-8(9(6-14)11(7)15)3-4-13(2,18-10)12(16)17/h5,15H,3-4,6H2,1-2H3,(H,16,17). The minimum atomic E-state index is -1.18. The van der Waals surface area contributed by atoms with E-state index in [1.165, 1.54) is 0 Å². The third-order valence-corrected chi connectivity index (χ3v) is 4.00. The van der Waals surface area contributed by atoms with E-state index in [2.05, 4.69) is 15.9 Å². The van der Waals surface area contributed by atoms with Crippen molar-refractivity contribution in [1.29, 1.82) is 0 Å². The maximum Gasteiger partial charge on any atom is 0.347 e. The number of aryl methyl sites for hydroxylation is 1. The molecular weight excluding hydrogens is 300 g/mol. The maximum absolute atomic E-state index is 11.2. The van der Waals surface area contributed by atoms with Gasteiger partial charge in [0.05, 0.1) is 0 Å². The third-order valence-electron chi connectivity index (χ3n) is 3.44. The second-order valence-electron chi connectivity index (χ2n) is 4.77. The van der Waals surface area contributed by atoms with Crippen molar-refractivity contribution in [1.82, 2.24) is 0 Å². The second-order valence-corrected chi connectivity index (χ2v) is 5.33. The summed E-state index contributed by atoms with van der Waals surface area (Å²) in [5, 5.41) is 19.7. The number of alkyl halides is 1. The minimum Gasteiger partial charge on any atom is -0.507 e. The lowest BCUT2D eigenvalue weighted by atomic mass is 9.89. The van der Waals surface area contributed by atoms with Crippen LogP contribution in [-0.2, 0) is 16.5 Å². The fraction of sp³-hybridized carbons (Fsp3) is 0.462. The zero-order valence-corrected chi connectivity index (χ0v) is 11.9. The van der Waals surface area contributed by atoms with Crippen LogP contribution < -0.4 is 4.74 Å². The molecule has 18 heavy (non-hydrogen) atoms. The van der Waals surface area contributed by atoms with Gasteiger partial charge in [0.15, 0.2) is 0 Å². The van der Waals surface area contributed by atoms with Gasteiger partial charge < -0.3 is 14.9 Å². The molecule has 0 saturated carbocycles. The monoisotopic (exact) mass is 314 g/mol. The van der Waals surface area contributed by atoms with E-state index >= 15 is 0 Å². The smallest absolute Gasteiger partial charge is 0.347 e. The molecule has 0 saturated heterocycles. The Labute approximate surface area is 114 Å². The summed E-state index contributed by atoms with van der Waals surface area (Å²) in [5.41, 5.74) is 1.20. The Hall–Kier alpha value is -1.23. The predicted octanol–water partition coefficient (Wildman–Crippen LogP) is 2.76. The number of aromatic hydroxyl groups is 1. The van der Waals surface area contributed by atoms with Crippen LogP contribution in [0.3, 0.4) is 0 Å². The number of phenols is 1. The van der Waals surface area contributed by atoms with Crippen LogP contribution in [0.15, 0.2) is 6.07 Å². The van der Waals surface area contributed by atoms with E-state index < -0.39 is 11.6 Å². The molecule has 1 aliphatic heterocycles. The molecule has 2 N–H and O–H groups in total. The van der Waals surface area contributed by atoms with Crippen molar-refractivity contribution in [3.05, 3.63) is 22.8 Å². The molecule has 1 unspecified atom stereocenters. The van der Waals surface area contributed by atoms with Crippen molar-refractivity contribution >= 4 is 21.9 Å². The lowest BCUT2D eigenvalue weighted by molar-refractivity contribution is -0.155. The first-order valence-corrected chi connectivity index (χ1v) is 6.84. The normalized spacial score (nSPS) is 22.2. The van der Waals surface area contributed by atoms with Gasteiger partial charge in [0, 0.05) is 22.9 Å². The number of ether oxygens (including phenoxy) is 1. The van der Waals surface area contributed by atoms with Crippen LogP contribution in [0.1, 0.15) is 30.0 Å². The summed E-state index contributed by atoms with van der Waals surface area (Å²) in [7, 11) is 0. The summed E-state index contributed by atoms with van der Waals surface area (Å²) in [6, 6.07) is 1.71. The molecule has 5 heteroatoms. The Morgan fingerprint density at radius 3 is 2.83 bits per heavy atom. The molecule has 1 aromatic carbocycles. The Morgan fingerprint density at radius 2 is 2.28 bits per heavy atom. The van der Waals surface area contributed by atoms with Gasteiger partial charge in [-0.15, -0.1) is 0 Å². The molecule has 0 aliphatic carbocycles. The average molecular weight is 315 g/mol. The van der Waals surface area contributed by atoms with Gasteiger partial charge in [-0.25, -0.2) is 4.79 Å². The number of aliphatic carboxylic acids is 1. The molecule has 0 fully saturated rings. The number of hydrogen-bond donors (Lipinski definition) is 2. The summed E-state index contributed by atoms with van der Waals surface area (Å²) < 4.78 is 5.63. The SMILES string of the molecule is Cc1cc2c(c(CBr)c1O)CCC(C)(C(=O)O)O2. The highest BCUT2D eigenvalue weighted by atomic mass is 79.9. The first-order chi connectivity index (χ1) is 8.39. The Morgan fingerprint density at radius 1 is 1.61 bits per heavy atom. The number of hydrogen-bond acceptors (Lipinski definition) is 3. The van der Waals surface area contributed by atoms with Crippen LogP contribution >= 0.6 is 15.9 Å². The van der Waals surface area contributed by atoms with E-state index in [9.17, 15) is 15.0 Å². The van der Waals surface area contributed by atoms with Crippen molar-refractivity contribution < 1.29 is 19.7 Å². The van der Waals surface area contributed by atoms with E-state index in [4.69, 9.17) is 4.74 Å². The quantitative estimate of drug-likeness (QED) is 0.824. The van der Waals surface area contributed by atoms with Crippen molar-refractivity contribution in [2.45, 2.75) is 37.6 Å². The number of carbonyl (C=O) groups is 1. The highest BCUT2D eigenvalue weighted by molar-refractivity contribution is 9.08. The van der Waals surface area contributed by atoms with E-state index in [0.29, 0.717) is 29.5 Å². The molecule has 0 bridgehead atoms. The van der Waals surface area contributed by atoms with Gasteiger partial charge in [-0.1, -0.05) is 15.9 Å². The molecule has 1 aliphatic rings. The van der Waals surface area contributed by atoms with Gasteiger partial charge in [-0.3, -0.25) is 0 Å². The summed E-state index contributed by atoms with van der Waals surface area (Å²) >= 11 is 3.35. The van der Waals surface area contributed by atoms with Crippen LogP contribution in [0.2, 0.25) is 0 Å². The van der Waals surface area contributed by atoms with Gasteiger partial charge in [-0.2, -0.15) is 0 Å². The number of carboxylic acids is 1. The second kappa shape index (κ2) is 4.46. The Bertz CT molecular complexity index is 512. The number of carboxylic acid groups (broad SMARTS) is 1. The Balaban J connectivity index is 2.52. The van der Waals surface area contributed by atoms with Crippen molar-refractivity contribution in [2.75, 3.05) is 0 Å². The summed E-state index contributed by atoms with van der Waals surface area (Å²) in [5.74, 6) is -0.136. The number of rotatable bonds is 2. The van der Waals surface area contributed by atoms with E-state index in [0.717, 1.165) is 11.1 Å². The van der Waals surface area contributed by atoms with Gasteiger partial charge >= 0.3 is 5.97 Å². The molecule has 4 nitrogen and oxygen atoms in total. The molecule has 2 rings (SSSR count). The molecular formula is C13H15BrO4. The van der Waals surface area contributed by atoms with Gasteiger partial charge in [0.25, 0.3) is 0 Å². The number of fused-ring (bicyclic) bond motifs is 1. The predicted molar refractivity (Wildman–Crippen MR) is 70.5 cm³/mol. The van der Waals surface area contributed by atoms with Crippen LogP contribution in [0, 0.1) is 6.92 Å².